The average molecular weight is 300 g/mol. The Bertz CT molecular complexity index is 686. The second-order valence-electron chi connectivity index (χ2n) is 6.03. The third-order valence-electron chi connectivity index (χ3n) is 4.62. The molecule has 0 heterocycles. The van der Waals surface area contributed by atoms with E-state index in [1.165, 1.54) is 18.6 Å². The first kappa shape index (κ1) is 15.0. The summed E-state index contributed by atoms with van der Waals surface area (Å²) in [5.41, 5.74) is 6.42. The van der Waals surface area contributed by atoms with E-state index in [1.807, 2.05) is 6.07 Å². The molecule has 2 aromatic carbocycles. The predicted molar refractivity (Wildman–Crippen MR) is 86.2 cm³/mol. The summed E-state index contributed by atoms with van der Waals surface area (Å²) in [7, 11) is 0. The van der Waals surface area contributed by atoms with Crippen LogP contribution in [0.2, 0.25) is 0 Å². The monoisotopic (exact) mass is 300 g/mol. The van der Waals surface area contributed by atoms with Crippen LogP contribution in [0.25, 0.3) is 10.8 Å². The highest BCUT2D eigenvalue weighted by atomic mass is 19.1. The van der Waals surface area contributed by atoms with E-state index in [2.05, 4.69) is 5.32 Å². The molecule has 3 nitrogen and oxygen atoms in total. The molecule has 1 aliphatic rings. The van der Waals surface area contributed by atoms with Crippen LogP contribution < -0.4 is 11.1 Å². The molecule has 0 aromatic heterocycles. The van der Waals surface area contributed by atoms with Crippen LogP contribution >= 0.6 is 0 Å². The SMILES string of the molecule is NCC1CCCCC1NC(=O)c1cccc2cc(F)ccc12. The van der Waals surface area contributed by atoms with Gasteiger partial charge in [0.25, 0.3) is 5.91 Å². The Balaban J connectivity index is 1.86. The first-order valence-electron chi connectivity index (χ1n) is 7.88. The zero-order valence-corrected chi connectivity index (χ0v) is 12.5. The molecule has 0 bridgehead atoms. The van der Waals surface area contributed by atoms with Crippen molar-refractivity contribution in [3.8, 4) is 0 Å². The second kappa shape index (κ2) is 6.44. The lowest BCUT2D eigenvalue weighted by Gasteiger charge is -2.31. The summed E-state index contributed by atoms with van der Waals surface area (Å²) in [5, 5.41) is 4.65. The van der Waals surface area contributed by atoms with Crippen LogP contribution in [0.1, 0.15) is 36.0 Å². The van der Waals surface area contributed by atoms with Gasteiger partial charge in [0.05, 0.1) is 0 Å². The summed E-state index contributed by atoms with van der Waals surface area (Å²) >= 11 is 0. The molecule has 22 heavy (non-hydrogen) atoms. The van der Waals surface area contributed by atoms with Gasteiger partial charge in [-0.25, -0.2) is 4.39 Å². The Morgan fingerprint density at radius 2 is 2.05 bits per heavy atom. The topological polar surface area (TPSA) is 55.1 Å². The van der Waals surface area contributed by atoms with E-state index in [-0.39, 0.29) is 17.8 Å². The highest BCUT2D eigenvalue weighted by molar-refractivity contribution is 6.07. The molecule has 3 rings (SSSR count). The van der Waals surface area contributed by atoms with Crippen molar-refractivity contribution in [2.24, 2.45) is 11.7 Å². The fraction of sp³-hybridized carbons (Fsp3) is 0.389. The first-order valence-corrected chi connectivity index (χ1v) is 7.88. The maximum Gasteiger partial charge on any atom is 0.252 e. The third-order valence-corrected chi connectivity index (χ3v) is 4.62. The molecule has 0 aliphatic heterocycles. The molecule has 1 saturated carbocycles. The lowest BCUT2D eigenvalue weighted by atomic mass is 9.84. The number of nitrogens with one attached hydrogen (secondary N) is 1. The predicted octanol–water partition coefficient (Wildman–Crippen LogP) is 3.23. The number of carbonyl (C=O) groups excluding carboxylic acids is 1. The fourth-order valence-corrected chi connectivity index (χ4v) is 3.38. The average Bonchev–Trinajstić information content (AvgIpc) is 2.54. The van der Waals surface area contributed by atoms with Crippen molar-refractivity contribution < 1.29 is 9.18 Å². The van der Waals surface area contributed by atoms with Gasteiger partial charge in [0.15, 0.2) is 0 Å². The molecule has 2 unspecified atom stereocenters. The number of hydrogen-bond acceptors (Lipinski definition) is 2. The molecule has 0 radical (unpaired) electrons. The van der Waals surface area contributed by atoms with Crippen molar-refractivity contribution in [2.45, 2.75) is 31.7 Å². The summed E-state index contributed by atoms with van der Waals surface area (Å²) in [6.07, 6.45) is 4.36. The van der Waals surface area contributed by atoms with Gasteiger partial charge in [0, 0.05) is 11.6 Å². The zero-order valence-electron chi connectivity index (χ0n) is 12.5. The Labute approximate surface area is 129 Å². The molecule has 4 heteroatoms. The smallest absolute Gasteiger partial charge is 0.252 e. The summed E-state index contributed by atoms with van der Waals surface area (Å²) in [6.45, 7) is 0.603. The van der Waals surface area contributed by atoms with Crippen molar-refractivity contribution >= 4 is 16.7 Å². The van der Waals surface area contributed by atoms with E-state index in [4.69, 9.17) is 5.73 Å². The second-order valence-corrected chi connectivity index (χ2v) is 6.03. The highest BCUT2D eigenvalue weighted by Gasteiger charge is 2.26. The summed E-state index contributed by atoms with van der Waals surface area (Å²) in [5.74, 6) is -0.0341. The van der Waals surface area contributed by atoms with Gasteiger partial charge in [-0.2, -0.15) is 0 Å². The van der Waals surface area contributed by atoms with Crippen LogP contribution in [0.5, 0.6) is 0 Å². The molecule has 116 valence electrons. The minimum Gasteiger partial charge on any atom is -0.349 e. The van der Waals surface area contributed by atoms with Crippen molar-refractivity contribution in [3.05, 3.63) is 47.8 Å². The number of rotatable bonds is 3. The summed E-state index contributed by atoms with van der Waals surface area (Å²) in [6, 6.07) is 10.0. The Hall–Kier alpha value is -1.94. The largest absolute Gasteiger partial charge is 0.349 e. The normalized spacial score (nSPS) is 21.7. The van der Waals surface area contributed by atoms with E-state index in [1.54, 1.807) is 18.2 Å². The number of halogens is 1. The quantitative estimate of drug-likeness (QED) is 0.914. The molecular weight excluding hydrogens is 279 g/mol. The number of carbonyl (C=O) groups is 1. The number of benzene rings is 2. The maximum atomic E-state index is 13.3. The number of fused-ring (bicyclic) bond motifs is 1. The van der Waals surface area contributed by atoms with Crippen molar-refractivity contribution in [1.29, 1.82) is 0 Å². The number of hydrogen-bond donors (Lipinski definition) is 2. The van der Waals surface area contributed by atoms with Crippen LogP contribution in [-0.4, -0.2) is 18.5 Å². The van der Waals surface area contributed by atoms with Crippen molar-refractivity contribution in [2.75, 3.05) is 6.54 Å². The van der Waals surface area contributed by atoms with Gasteiger partial charge in [-0.3, -0.25) is 4.79 Å². The van der Waals surface area contributed by atoms with Gasteiger partial charge in [-0.15, -0.1) is 0 Å². The fourth-order valence-electron chi connectivity index (χ4n) is 3.38. The van der Waals surface area contributed by atoms with E-state index >= 15 is 0 Å². The Morgan fingerprint density at radius 3 is 2.86 bits per heavy atom. The van der Waals surface area contributed by atoms with Crippen LogP contribution in [0.15, 0.2) is 36.4 Å². The molecule has 3 N–H and O–H groups in total. The summed E-state index contributed by atoms with van der Waals surface area (Å²) in [4.78, 5) is 12.6. The van der Waals surface area contributed by atoms with E-state index < -0.39 is 0 Å². The van der Waals surface area contributed by atoms with Gasteiger partial charge in [0.2, 0.25) is 0 Å². The maximum absolute atomic E-state index is 13.3. The Kier molecular flexibility index (Phi) is 4.39. The first-order chi connectivity index (χ1) is 10.7. The molecule has 1 aliphatic carbocycles. The van der Waals surface area contributed by atoms with Gasteiger partial charge in [-0.05, 0) is 54.3 Å². The third kappa shape index (κ3) is 2.97. The highest BCUT2D eigenvalue weighted by Crippen LogP contribution is 2.25. The van der Waals surface area contributed by atoms with Gasteiger partial charge >= 0.3 is 0 Å². The van der Waals surface area contributed by atoms with E-state index in [9.17, 15) is 9.18 Å². The molecule has 2 aromatic rings. The van der Waals surface area contributed by atoms with E-state index in [0.29, 0.717) is 18.0 Å². The van der Waals surface area contributed by atoms with E-state index in [0.717, 1.165) is 30.0 Å². The molecule has 1 amide bonds. The minimum absolute atomic E-state index is 0.0949. The van der Waals surface area contributed by atoms with Gasteiger partial charge < -0.3 is 11.1 Å². The summed E-state index contributed by atoms with van der Waals surface area (Å²) < 4.78 is 13.3. The van der Waals surface area contributed by atoms with Gasteiger partial charge in [0.1, 0.15) is 5.82 Å². The number of nitrogens with two attached hydrogens (primary N) is 1. The molecule has 1 fully saturated rings. The van der Waals surface area contributed by atoms with Crippen molar-refractivity contribution in [3.63, 3.8) is 0 Å². The molecule has 2 atom stereocenters. The zero-order chi connectivity index (χ0) is 15.5. The lowest BCUT2D eigenvalue weighted by Crippen LogP contribution is -2.44. The Morgan fingerprint density at radius 1 is 1.23 bits per heavy atom. The standard InChI is InChI=1S/C18H21FN2O/c19-14-8-9-15-12(10-14)5-3-6-16(15)18(22)21-17-7-2-1-4-13(17)11-20/h3,5-6,8-10,13,17H,1-2,4,7,11,20H2,(H,21,22). The van der Waals surface area contributed by atoms with Gasteiger partial charge in [-0.1, -0.05) is 31.0 Å². The molecular formula is C18H21FN2O. The number of amides is 1. The van der Waals surface area contributed by atoms with Crippen LogP contribution in [-0.2, 0) is 0 Å². The van der Waals surface area contributed by atoms with Crippen molar-refractivity contribution in [1.82, 2.24) is 5.32 Å². The molecule has 0 spiro atoms. The lowest BCUT2D eigenvalue weighted by molar-refractivity contribution is 0.0910. The molecule has 0 saturated heterocycles. The minimum atomic E-state index is -0.291. The van der Waals surface area contributed by atoms with Crippen LogP contribution in [0.4, 0.5) is 4.39 Å². The van der Waals surface area contributed by atoms with Crippen LogP contribution in [0, 0.1) is 11.7 Å². The van der Waals surface area contributed by atoms with Crippen LogP contribution in [0.3, 0.4) is 0 Å².